The molecule has 0 radical (unpaired) electrons. The fourth-order valence-corrected chi connectivity index (χ4v) is 2.67. The van der Waals surface area contributed by atoms with Crippen molar-refractivity contribution in [2.24, 2.45) is 5.92 Å². The van der Waals surface area contributed by atoms with E-state index < -0.39 is 0 Å². The van der Waals surface area contributed by atoms with Crippen LogP contribution >= 0.6 is 0 Å². The number of aromatic nitrogens is 2. The van der Waals surface area contributed by atoms with Crippen molar-refractivity contribution < 1.29 is 5.11 Å². The minimum atomic E-state index is -0.0872. The zero-order valence-electron chi connectivity index (χ0n) is 10.8. The highest BCUT2D eigenvalue weighted by Gasteiger charge is 2.26. The number of aliphatic hydroxyl groups is 1. The van der Waals surface area contributed by atoms with Gasteiger partial charge in [-0.05, 0) is 32.7 Å². The molecule has 1 fully saturated rings. The van der Waals surface area contributed by atoms with Crippen molar-refractivity contribution in [3.05, 3.63) is 18.0 Å². The molecule has 0 aliphatic heterocycles. The number of rotatable bonds is 5. The molecule has 0 bridgehead atoms. The van der Waals surface area contributed by atoms with E-state index in [2.05, 4.69) is 30.2 Å². The molecular formula is C13H23N3O. The van der Waals surface area contributed by atoms with E-state index in [0.29, 0.717) is 5.92 Å². The molecule has 1 aliphatic rings. The normalized spacial score (nSPS) is 24.7. The second-order valence-corrected chi connectivity index (χ2v) is 5.16. The smallest absolute Gasteiger partial charge is 0.0580 e. The minimum Gasteiger partial charge on any atom is -0.393 e. The average Bonchev–Trinajstić information content (AvgIpc) is 2.89. The lowest BCUT2D eigenvalue weighted by Gasteiger charge is -2.22. The highest BCUT2D eigenvalue weighted by atomic mass is 16.3. The van der Waals surface area contributed by atoms with Crippen molar-refractivity contribution in [1.82, 2.24) is 14.7 Å². The monoisotopic (exact) mass is 237 g/mol. The van der Waals surface area contributed by atoms with Gasteiger partial charge < -0.3 is 10.0 Å². The van der Waals surface area contributed by atoms with Crippen LogP contribution in [0.25, 0.3) is 0 Å². The van der Waals surface area contributed by atoms with Crippen molar-refractivity contribution in [3.63, 3.8) is 0 Å². The van der Waals surface area contributed by atoms with Crippen LogP contribution < -0.4 is 0 Å². The van der Waals surface area contributed by atoms with Crippen LogP contribution in [0, 0.1) is 5.92 Å². The first-order chi connectivity index (χ1) is 8.19. The standard InChI is InChI=1S/C13H23N3O/c1-3-16-9-11(7-14-16)8-15(2)10-12-5-4-6-13(12)17/h7,9,12-13,17H,3-6,8,10H2,1-2H3. The molecule has 4 heteroatoms. The number of aryl methyl sites for hydroxylation is 1. The Hall–Kier alpha value is -0.870. The van der Waals surface area contributed by atoms with Gasteiger partial charge in [0.25, 0.3) is 0 Å². The van der Waals surface area contributed by atoms with Gasteiger partial charge in [-0.2, -0.15) is 5.10 Å². The Kier molecular flexibility index (Phi) is 4.18. The first kappa shape index (κ1) is 12.6. The maximum atomic E-state index is 9.80. The third-order valence-electron chi connectivity index (χ3n) is 3.63. The fourth-order valence-electron chi connectivity index (χ4n) is 2.67. The summed E-state index contributed by atoms with van der Waals surface area (Å²) in [5.41, 5.74) is 1.25. The first-order valence-corrected chi connectivity index (χ1v) is 6.57. The average molecular weight is 237 g/mol. The van der Waals surface area contributed by atoms with Crippen LogP contribution in [-0.4, -0.2) is 39.5 Å². The van der Waals surface area contributed by atoms with E-state index in [1.807, 2.05) is 10.9 Å². The summed E-state index contributed by atoms with van der Waals surface area (Å²) >= 11 is 0. The van der Waals surface area contributed by atoms with Crippen LogP contribution in [0.1, 0.15) is 31.7 Å². The highest BCUT2D eigenvalue weighted by Crippen LogP contribution is 2.26. The lowest BCUT2D eigenvalue weighted by atomic mass is 10.1. The second kappa shape index (κ2) is 5.65. The molecule has 1 saturated carbocycles. The van der Waals surface area contributed by atoms with Crippen molar-refractivity contribution >= 4 is 0 Å². The van der Waals surface area contributed by atoms with Gasteiger partial charge in [-0.1, -0.05) is 6.42 Å². The lowest BCUT2D eigenvalue weighted by Crippen LogP contribution is -2.29. The van der Waals surface area contributed by atoms with Gasteiger partial charge in [-0.25, -0.2) is 0 Å². The highest BCUT2D eigenvalue weighted by molar-refractivity contribution is 5.03. The Bertz CT molecular complexity index is 350. The Morgan fingerprint density at radius 3 is 2.94 bits per heavy atom. The molecule has 2 unspecified atom stereocenters. The van der Waals surface area contributed by atoms with Crippen LogP contribution in [0.15, 0.2) is 12.4 Å². The summed E-state index contributed by atoms with van der Waals surface area (Å²) in [6.45, 7) is 4.92. The van der Waals surface area contributed by atoms with Crippen LogP contribution in [0.2, 0.25) is 0 Å². The van der Waals surface area contributed by atoms with Gasteiger partial charge in [0, 0.05) is 31.4 Å². The van der Waals surface area contributed by atoms with Crippen molar-refractivity contribution in [1.29, 1.82) is 0 Å². The topological polar surface area (TPSA) is 41.3 Å². The zero-order valence-corrected chi connectivity index (χ0v) is 10.8. The molecule has 2 rings (SSSR count). The van der Waals surface area contributed by atoms with E-state index in [1.165, 1.54) is 18.4 Å². The molecule has 1 N–H and O–H groups in total. The summed E-state index contributed by atoms with van der Waals surface area (Å²) in [6.07, 6.45) is 7.27. The van der Waals surface area contributed by atoms with Gasteiger partial charge in [-0.3, -0.25) is 4.68 Å². The maximum Gasteiger partial charge on any atom is 0.0580 e. The first-order valence-electron chi connectivity index (χ1n) is 6.57. The Labute approximate surface area is 103 Å². The van der Waals surface area contributed by atoms with Gasteiger partial charge in [0.15, 0.2) is 0 Å². The molecule has 1 aliphatic carbocycles. The summed E-state index contributed by atoms with van der Waals surface area (Å²) in [7, 11) is 2.12. The van der Waals surface area contributed by atoms with Gasteiger partial charge in [-0.15, -0.1) is 0 Å². The number of hydrogen-bond acceptors (Lipinski definition) is 3. The Morgan fingerprint density at radius 2 is 2.35 bits per heavy atom. The number of nitrogens with zero attached hydrogens (tertiary/aromatic N) is 3. The van der Waals surface area contributed by atoms with Gasteiger partial charge in [0.2, 0.25) is 0 Å². The van der Waals surface area contributed by atoms with E-state index >= 15 is 0 Å². The maximum absolute atomic E-state index is 9.80. The van der Waals surface area contributed by atoms with Crippen molar-refractivity contribution in [2.45, 2.75) is 45.4 Å². The van der Waals surface area contributed by atoms with Crippen molar-refractivity contribution in [2.75, 3.05) is 13.6 Å². The van der Waals surface area contributed by atoms with E-state index in [9.17, 15) is 5.11 Å². The van der Waals surface area contributed by atoms with E-state index in [4.69, 9.17) is 0 Å². The Balaban J connectivity index is 1.82. The molecule has 96 valence electrons. The summed E-state index contributed by atoms with van der Waals surface area (Å²) < 4.78 is 1.95. The molecule has 1 aromatic heterocycles. The summed E-state index contributed by atoms with van der Waals surface area (Å²) in [5.74, 6) is 0.459. The largest absolute Gasteiger partial charge is 0.393 e. The molecule has 0 aromatic carbocycles. The SMILES string of the molecule is CCn1cc(CN(C)CC2CCCC2O)cn1. The molecule has 0 amide bonds. The fraction of sp³-hybridized carbons (Fsp3) is 0.769. The Morgan fingerprint density at radius 1 is 1.53 bits per heavy atom. The second-order valence-electron chi connectivity index (χ2n) is 5.16. The van der Waals surface area contributed by atoms with Gasteiger partial charge in [0.1, 0.15) is 0 Å². The lowest BCUT2D eigenvalue weighted by molar-refractivity contribution is 0.108. The third-order valence-corrected chi connectivity index (χ3v) is 3.63. The molecule has 1 aromatic rings. The van der Waals surface area contributed by atoms with E-state index in [0.717, 1.165) is 26.1 Å². The molecular weight excluding hydrogens is 214 g/mol. The molecule has 2 atom stereocenters. The van der Waals surface area contributed by atoms with Crippen LogP contribution in [0.4, 0.5) is 0 Å². The summed E-state index contributed by atoms with van der Waals surface area (Å²) in [5, 5.41) is 14.1. The minimum absolute atomic E-state index is 0.0872. The molecule has 17 heavy (non-hydrogen) atoms. The van der Waals surface area contributed by atoms with E-state index in [-0.39, 0.29) is 6.10 Å². The zero-order chi connectivity index (χ0) is 12.3. The number of aliphatic hydroxyl groups excluding tert-OH is 1. The predicted octanol–water partition coefficient (Wildman–Crippen LogP) is 1.50. The molecule has 1 heterocycles. The van der Waals surface area contributed by atoms with Crippen LogP contribution in [0.3, 0.4) is 0 Å². The molecule has 0 saturated heterocycles. The van der Waals surface area contributed by atoms with Crippen LogP contribution in [-0.2, 0) is 13.1 Å². The quantitative estimate of drug-likeness (QED) is 0.843. The van der Waals surface area contributed by atoms with Gasteiger partial charge in [0.05, 0.1) is 12.3 Å². The number of hydrogen-bond donors (Lipinski definition) is 1. The van der Waals surface area contributed by atoms with E-state index in [1.54, 1.807) is 0 Å². The van der Waals surface area contributed by atoms with Crippen molar-refractivity contribution in [3.8, 4) is 0 Å². The third kappa shape index (κ3) is 3.30. The molecule has 4 nitrogen and oxygen atoms in total. The van der Waals surface area contributed by atoms with Crippen LogP contribution in [0.5, 0.6) is 0 Å². The summed E-state index contributed by atoms with van der Waals surface area (Å²) in [6, 6.07) is 0. The predicted molar refractivity (Wildman–Crippen MR) is 67.6 cm³/mol. The van der Waals surface area contributed by atoms with Gasteiger partial charge >= 0.3 is 0 Å². The summed E-state index contributed by atoms with van der Waals surface area (Å²) in [4.78, 5) is 2.29. The molecule has 0 spiro atoms.